The molecule has 1 aliphatic rings. The minimum atomic E-state index is -0.180. The van der Waals surface area contributed by atoms with Gasteiger partial charge < -0.3 is 14.4 Å². The molecular weight excluding hydrogens is 314 g/mol. The van der Waals surface area contributed by atoms with Crippen molar-refractivity contribution in [3.8, 4) is 11.5 Å². The number of para-hydroxylation sites is 1. The average Bonchev–Trinajstić information content (AvgIpc) is 2.97. The molecule has 1 aromatic heterocycles. The minimum Gasteiger partial charge on any atom is -0.493 e. The SMILES string of the molecule is COc1cccc2c1OC[C@H](C(=O)N(C)Cc1snnc1C)C2. The highest BCUT2D eigenvalue weighted by Gasteiger charge is 2.30. The lowest BCUT2D eigenvalue weighted by atomic mass is 9.95. The summed E-state index contributed by atoms with van der Waals surface area (Å²) in [6.07, 6.45) is 0.662. The highest BCUT2D eigenvalue weighted by atomic mass is 32.1. The number of hydrogen-bond acceptors (Lipinski definition) is 6. The molecule has 0 saturated carbocycles. The van der Waals surface area contributed by atoms with Gasteiger partial charge in [0.25, 0.3) is 0 Å². The quantitative estimate of drug-likeness (QED) is 0.857. The zero-order valence-electron chi connectivity index (χ0n) is 13.4. The van der Waals surface area contributed by atoms with Crippen LogP contribution in [-0.2, 0) is 17.8 Å². The maximum absolute atomic E-state index is 12.7. The van der Waals surface area contributed by atoms with Crippen LogP contribution >= 0.6 is 11.5 Å². The molecule has 1 aliphatic heterocycles. The van der Waals surface area contributed by atoms with Gasteiger partial charge in [-0.3, -0.25) is 4.79 Å². The topological polar surface area (TPSA) is 64.6 Å². The summed E-state index contributed by atoms with van der Waals surface area (Å²) in [7, 11) is 3.43. The zero-order valence-corrected chi connectivity index (χ0v) is 14.2. The molecule has 2 aromatic rings. The second-order valence-corrected chi connectivity index (χ2v) is 6.48. The molecule has 0 saturated heterocycles. The van der Waals surface area contributed by atoms with E-state index < -0.39 is 0 Å². The third kappa shape index (κ3) is 3.14. The van der Waals surface area contributed by atoms with Gasteiger partial charge in [0.05, 0.1) is 30.1 Å². The Morgan fingerprint density at radius 2 is 2.35 bits per heavy atom. The number of nitrogens with zero attached hydrogens (tertiary/aromatic N) is 3. The summed E-state index contributed by atoms with van der Waals surface area (Å²) in [6.45, 7) is 2.81. The maximum atomic E-state index is 12.7. The summed E-state index contributed by atoms with van der Waals surface area (Å²) >= 11 is 1.33. The molecule has 0 radical (unpaired) electrons. The van der Waals surface area contributed by atoms with Crippen LogP contribution < -0.4 is 9.47 Å². The number of carbonyl (C=O) groups is 1. The summed E-state index contributed by atoms with van der Waals surface area (Å²) in [5.74, 6) is 1.37. The molecule has 0 N–H and O–H groups in total. The first-order chi connectivity index (χ1) is 11.1. The van der Waals surface area contributed by atoms with Crippen molar-refractivity contribution in [1.29, 1.82) is 0 Å². The number of amides is 1. The molecule has 1 aromatic carbocycles. The fourth-order valence-corrected chi connectivity index (χ4v) is 3.40. The van der Waals surface area contributed by atoms with Gasteiger partial charge >= 0.3 is 0 Å². The van der Waals surface area contributed by atoms with Crippen LogP contribution in [0.2, 0.25) is 0 Å². The van der Waals surface area contributed by atoms with E-state index in [2.05, 4.69) is 9.59 Å². The predicted molar refractivity (Wildman–Crippen MR) is 86.8 cm³/mol. The van der Waals surface area contributed by atoms with Crippen LogP contribution in [0.3, 0.4) is 0 Å². The van der Waals surface area contributed by atoms with E-state index in [0.29, 0.717) is 25.3 Å². The Labute approximate surface area is 139 Å². The van der Waals surface area contributed by atoms with Crippen molar-refractivity contribution in [3.63, 3.8) is 0 Å². The molecule has 3 rings (SSSR count). The van der Waals surface area contributed by atoms with Crippen molar-refractivity contribution >= 4 is 17.4 Å². The molecule has 0 aliphatic carbocycles. The predicted octanol–water partition coefficient (Wildman–Crippen LogP) is 2.06. The van der Waals surface area contributed by atoms with E-state index in [-0.39, 0.29) is 11.8 Å². The number of fused-ring (bicyclic) bond motifs is 1. The van der Waals surface area contributed by atoms with Crippen molar-refractivity contribution in [1.82, 2.24) is 14.5 Å². The Morgan fingerprint density at radius 1 is 1.52 bits per heavy atom. The fraction of sp³-hybridized carbons (Fsp3) is 0.438. The summed E-state index contributed by atoms with van der Waals surface area (Å²) in [4.78, 5) is 15.4. The van der Waals surface area contributed by atoms with E-state index in [1.807, 2.05) is 32.2 Å². The van der Waals surface area contributed by atoms with Crippen molar-refractivity contribution in [2.75, 3.05) is 20.8 Å². The van der Waals surface area contributed by atoms with E-state index in [1.54, 1.807) is 12.0 Å². The lowest BCUT2D eigenvalue weighted by Crippen LogP contribution is -2.38. The average molecular weight is 333 g/mol. The lowest BCUT2D eigenvalue weighted by molar-refractivity contribution is -0.136. The minimum absolute atomic E-state index is 0.0752. The molecule has 0 spiro atoms. The Kier molecular flexibility index (Phi) is 4.47. The lowest BCUT2D eigenvalue weighted by Gasteiger charge is -2.28. The van der Waals surface area contributed by atoms with Gasteiger partial charge in [0.1, 0.15) is 6.61 Å². The normalized spacial score (nSPS) is 16.4. The molecule has 1 amide bonds. The Hall–Kier alpha value is -2.15. The highest BCUT2D eigenvalue weighted by Crippen LogP contribution is 2.36. The summed E-state index contributed by atoms with van der Waals surface area (Å²) in [5.41, 5.74) is 1.89. The van der Waals surface area contributed by atoms with Gasteiger partial charge in [0, 0.05) is 7.05 Å². The molecule has 0 bridgehead atoms. The number of aryl methyl sites for hydroxylation is 1. The number of rotatable bonds is 4. The molecule has 7 heteroatoms. The van der Waals surface area contributed by atoms with Gasteiger partial charge in [-0.05, 0) is 36.5 Å². The number of hydrogen-bond donors (Lipinski definition) is 0. The van der Waals surface area contributed by atoms with Crippen LogP contribution in [0.25, 0.3) is 0 Å². The number of ether oxygens (including phenoxy) is 2. The van der Waals surface area contributed by atoms with Crippen LogP contribution in [0.1, 0.15) is 16.1 Å². The molecule has 1 atom stereocenters. The van der Waals surface area contributed by atoms with Crippen molar-refractivity contribution in [3.05, 3.63) is 34.3 Å². The number of carbonyl (C=O) groups excluding carboxylic acids is 1. The van der Waals surface area contributed by atoms with Crippen LogP contribution in [0.4, 0.5) is 0 Å². The first kappa shape index (κ1) is 15.7. The van der Waals surface area contributed by atoms with Gasteiger partial charge in [0.2, 0.25) is 5.91 Å². The number of benzene rings is 1. The first-order valence-electron chi connectivity index (χ1n) is 7.41. The van der Waals surface area contributed by atoms with Crippen LogP contribution in [0.5, 0.6) is 11.5 Å². The number of methoxy groups -OCH3 is 1. The second-order valence-electron chi connectivity index (χ2n) is 5.64. The fourth-order valence-electron chi connectivity index (χ4n) is 2.71. The third-order valence-corrected chi connectivity index (χ3v) is 4.84. The van der Waals surface area contributed by atoms with E-state index in [1.165, 1.54) is 11.5 Å². The molecule has 0 unspecified atom stereocenters. The van der Waals surface area contributed by atoms with E-state index in [4.69, 9.17) is 9.47 Å². The molecular formula is C16H19N3O3S. The molecule has 6 nitrogen and oxygen atoms in total. The van der Waals surface area contributed by atoms with Gasteiger partial charge in [-0.15, -0.1) is 5.10 Å². The van der Waals surface area contributed by atoms with Crippen LogP contribution in [0, 0.1) is 12.8 Å². The zero-order chi connectivity index (χ0) is 16.4. The van der Waals surface area contributed by atoms with E-state index in [9.17, 15) is 4.79 Å². The smallest absolute Gasteiger partial charge is 0.229 e. The Balaban J connectivity index is 1.70. The van der Waals surface area contributed by atoms with E-state index >= 15 is 0 Å². The molecule has 2 heterocycles. The monoisotopic (exact) mass is 333 g/mol. The largest absolute Gasteiger partial charge is 0.493 e. The number of aromatic nitrogens is 2. The molecule has 0 fully saturated rings. The first-order valence-corrected chi connectivity index (χ1v) is 8.19. The Bertz CT molecular complexity index is 716. The third-order valence-electron chi connectivity index (χ3n) is 4.03. The standard InChI is InChI=1S/C16H19N3O3S/c1-10-14(23-18-17-10)8-19(2)16(20)12-7-11-5-4-6-13(21-3)15(11)22-9-12/h4-6,12H,7-9H2,1-3H3/t12-/m1/s1. The second kappa shape index (κ2) is 6.54. The van der Waals surface area contributed by atoms with Crippen molar-refractivity contribution < 1.29 is 14.3 Å². The van der Waals surface area contributed by atoms with Crippen molar-refractivity contribution in [2.24, 2.45) is 5.92 Å². The van der Waals surface area contributed by atoms with Gasteiger partial charge in [-0.1, -0.05) is 16.6 Å². The van der Waals surface area contributed by atoms with Crippen molar-refractivity contribution in [2.45, 2.75) is 19.9 Å². The van der Waals surface area contributed by atoms with E-state index in [0.717, 1.165) is 21.9 Å². The summed E-state index contributed by atoms with van der Waals surface area (Å²) in [6, 6.07) is 5.77. The van der Waals surface area contributed by atoms with Gasteiger partial charge in [-0.2, -0.15) is 0 Å². The van der Waals surface area contributed by atoms with Gasteiger partial charge in [-0.25, -0.2) is 0 Å². The van der Waals surface area contributed by atoms with Gasteiger partial charge in [0.15, 0.2) is 11.5 Å². The molecule has 23 heavy (non-hydrogen) atoms. The summed E-state index contributed by atoms with van der Waals surface area (Å²) < 4.78 is 15.0. The van der Waals surface area contributed by atoms with Crippen LogP contribution in [0.15, 0.2) is 18.2 Å². The summed E-state index contributed by atoms with van der Waals surface area (Å²) in [5, 5.41) is 3.98. The maximum Gasteiger partial charge on any atom is 0.229 e. The highest BCUT2D eigenvalue weighted by molar-refractivity contribution is 7.05. The molecule has 122 valence electrons. The van der Waals surface area contributed by atoms with Crippen LogP contribution in [-0.4, -0.2) is 41.2 Å². The Morgan fingerprint density at radius 3 is 3.04 bits per heavy atom.